The van der Waals surface area contributed by atoms with Gasteiger partial charge in [-0.1, -0.05) is 12.1 Å². The predicted molar refractivity (Wildman–Crippen MR) is 122 cm³/mol. The summed E-state index contributed by atoms with van der Waals surface area (Å²) >= 11 is 1.56. The third kappa shape index (κ3) is 4.50. The van der Waals surface area contributed by atoms with Crippen LogP contribution in [0, 0.1) is 0 Å². The van der Waals surface area contributed by atoms with Gasteiger partial charge in [0.1, 0.15) is 5.75 Å². The van der Waals surface area contributed by atoms with E-state index in [4.69, 9.17) is 9.73 Å². The fraction of sp³-hybridized carbons (Fsp3) is 0.318. The molecule has 0 unspecified atom stereocenters. The van der Waals surface area contributed by atoms with Crippen LogP contribution in [-0.2, 0) is 15.6 Å². The Hall–Kier alpha value is -2.42. The van der Waals surface area contributed by atoms with E-state index in [1.165, 1.54) is 18.4 Å². The van der Waals surface area contributed by atoms with E-state index in [0.29, 0.717) is 0 Å². The second-order valence-electron chi connectivity index (χ2n) is 8.03. The van der Waals surface area contributed by atoms with Crippen LogP contribution < -0.4 is 9.54 Å². The van der Waals surface area contributed by atoms with Gasteiger partial charge >= 0.3 is 0 Å². The normalized spacial score (nSPS) is 13.1. The Bertz CT molecular complexity index is 1180. The first-order chi connectivity index (χ1) is 14.0. The molecule has 160 valence electrons. The first-order valence-corrected chi connectivity index (χ1v) is 11.8. The van der Waals surface area contributed by atoms with Gasteiger partial charge in [0.25, 0.3) is 0 Å². The van der Waals surface area contributed by atoms with Crippen LogP contribution in [0.4, 0.5) is 5.69 Å². The van der Waals surface area contributed by atoms with Gasteiger partial charge in [-0.05, 0) is 62.7 Å². The molecular weight excluding hydrogens is 418 g/mol. The highest BCUT2D eigenvalue weighted by atomic mass is 32.2. The van der Waals surface area contributed by atoms with Gasteiger partial charge in [0, 0.05) is 25.0 Å². The summed E-state index contributed by atoms with van der Waals surface area (Å²) in [4.78, 5) is 5.98. The molecule has 0 spiro atoms. The summed E-state index contributed by atoms with van der Waals surface area (Å²) in [6.07, 6.45) is 0. The van der Waals surface area contributed by atoms with Crippen molar-refractivity contribution in [3.8, 4) is 17.0 Å². The van der Waals surface area contributed by atoms with Gasteiger partial charge in [0.05, 0.1) is 23.4 Å². The zero-order valence-corrected chi connectivity index (χ0v) is 19.7. The van der Waals surface area contributed by atoms with Gasteiger partial charge in [-0.25, -0.2) is 17.7 Å². The molecule has 0 aliphatic heterocycles. The first kappa shape index (κ1) is 22.3. The number of rotatable bonds is 5. The Balaban J connectivity index is 2.09. The van der Waals surface area contributed by atoms with Crippen LogP contribution in [0.3, 0.4) is 0 Å². The van der Waals surface area contributed by atoms with Crippen LogP contribution in [0.25, 0.3) is 11.3 Å². The molecule has 0 N–H and O–H groups in total. The lowest BCUT2D eigenvalue weighted by molar-refractivity contribution is 0.392. The van der Waals surface area contributed by atoms with E-state index >= 15 is 0 Å². The molecule has 0 bridgehead atoms. The number of methoxy groups -OCH3 is 1. The maximum absolute atomic E-state index is 12.4. The van der Waals surface area contributed by atoms with E-state index in [0.717, 1.165) is 27.5 Å². The van der Waals surface area contributed by atoms with E-state index in [1.54, 1.807) is 30.6 Å². The zero-order valence-electron chi connectivity index (χ0n) is 18.1. The average molecular weight is 446 g/mol. The van der Waals surface area contributed by atoms with Crippen molar-refractivity contribution in [3.05, 3.63) is 58.7 Å². The Labute approximate surface area is 182 Å². The Morgan fingerprint density at radius 1 is 1.00 bits per heavy atom. The summed E-state index contributed by atoms with van der Waals surface area (Å²) in [6, 6.07) is 14.6. The molecular formula is C22H27N3O3S2. The third-order valence-electron chi connectivity index (χ3n) is 4.60. The Morgan fingerprint density at radius 3 is 2.10 bits per heavy atom. The molecule has 0 aliphatic rings. The predicted octanol–water partition coefficient (Wildman–Crippen LogP) is 4.46. The van der Waals surface area contributed by atoms with E-state index in [1.807, 2.05) is 36.4 Å². The van der Waals surface area contributed by atoms with Crippen molar-refractivity contribution in [2.45, 2.75) is 31.2 Å². The van der Waals surface area contributed by atoms with Gasteiger partial charge in [0.2, 0.25) is 10.0 Å². The van der Waals surface area contributed by atoms with Gasteiger partial charge in [-0.3, -0.25) is 0 Å². The van der Waals surface area contributed by atoms with Crippen LogP contribution in [-0.4, -0.2) is 38.5 Å². The van der Waals surface area contributed by atoms with Crippen molar-refractivity contribution in [2.75, 3.05) is 21.2 Å². The van der Waals surface area contributed by atoms with Crippen LogP contribution in [0.2, 0.25) is 0 Å². The standard InChI is InChI=1S/C22H27N3O3S2/c1-22(2,3)25-20(16-7-13-19(14-8-16)30(26,27)24(4)5)15-29-21(25)23-17-9-11-18(28-6)12-10-17/h7-15H,1-6H3. The third-order valence-corrected chi connectivity index (χ3v) is 7.26. The minimum Gasteiger partial charge on any atom is -0.497 e. The quantitative estimate of drug-likeness (QED) is 0.582. The van der Waals surface area contributed by atoms with E-state index in [9.17, 15) is 8.42 Å². The van der Waals surface area contributed by atoms with Crippen molar-refractivity contribution in [1.82, 2.24) is 8.87 Å². The van der Waals surface area contributed by atoms with E-state index in [2.05, 4.69) is 30.7 Å². The number of benzene rings is 2. The van der Waals surface area contributed by atoms with Crippen molar-refractivity contribution in [1.29, 1.82) is 0 Å². The molecule has 8 heteroatoms. The number of sulfonamides is 1. The molecule has 30 heavy (non-hydrogen) atoms. The molecule has 1 heterocycles. The van der Waals surface area contributed by atoms with Gasteiger partial charge in [0.15, 0.2) is 4.80 Å². The summed E-state index contributed by atoms with van der Waals surface area (Å²) in [5.41, 5.74) is 2.56. The molecule has 6 nitrogen and oxygen atoms in total. The Kier molecular flexibility index (Phi) is 6.21. The molecule has 3 rings (SSSR count). The molecule has 1 aromatic heterocycles. The largest absolute Gasteiger partial charge is 0.497 e. The maximum Gasteiger partial charge on any atom is 0.242 e. The fourth-order valence-electron chi connectivity index (χ4n) is 3.01. The number of aromatic nitrogens is 1. The van der Waals surface area contributed by atoms with Gasteiger partial charge < -0.3 is 9.30 Å². The van der Waals surface area contributed by atoms with E-state index in [-0.39, 0.29) is 10.4 Å². The SMILES string of the molecule is COc1ccc(N=c2scc(-c3ccc(S(=O)(=O)N(C)C)cc3)n2C(C)(C)C)cc1. The minimum atomic E-state index is -3.46. The minimum absolute atomic E-state index is 0.213. The fourth-order valence-corrected chi connectivity index (χ4v) is 5.01. The molecule has 0 saturated carbocycles. The highest BCUT2D eigenvalue weighted by Crippen LogP contribution is 2.28. The number of thiazole rings is 1. The summed E-state index contributed by atoms with van der Waals surface area (Å²) in [6.45, 7) is 6.38. The lowest BCUT2D eigenvalue weighted by Gasteiger charge is -2.24. The molecule has 3 aromatic rings. The summed E-state index contributed by atoms with van der Waals surface area (Å²) in [5, 5.41) is 2.06. The molecule has 2 aromatic carbocycles. The number of hydrogen-bond acceptors (Lipinski definition) is 5. The Morgan fingerprint density at radius 2 is 1.60 bits per heavy atom. The highest BCUT2D eigenvalue weighted by molar-refractivity contribution is 7.89. The summed E-state index contributed by atoms with van der Waals surface area (Å²) in [5.74, 6) is 0.789. The molecule has 0 saturated heterocycles. The van der Waals surface area contributed by atoms with Crippen LogP contribution in [0.15, 0.2) is 63.8 Å². The topological polar surface area (TPSA) is 63.9 Å². The van der Waals surface area contributed by atoms with Crippen molar-refractivity contribution < 1.29 is 13.2 Å². The van der Waals surface area contributed by atoms with E-state index < -0.39 is 10.0 Å². The second-order valence-corrected chi connectivity index (χ2v) is 11.0. The zero-order chi connectivity index (χ0) is 22.1. The lowest BCUT2D eigenvalue weighted by atomic mass is 10.1. The number of ether oxygens (including phenoxy) is 1. The molecule has 0 atom stereocenters. The first-order valence-electron chi connectivity index (χ1n) is 9.47. The molecule has 0 fully saturated rings. The lowest BCUT2D eigenvalue weighted by Crippen LogP contribution is -2.31. The van der Waals surface area contributed by atoms with Gasteiger partial charge in [-0.15, -0.1) is 11.3 Å². The summed E-state index contributed by atoms with van der Waals surface area (Å²) < 4.78 is 33.3. The van der Waals surface area contributed by atoms with Crippen LogP contribution >= 0.6 is 11.3 Å². The van der Waals surface area contributed by atoms with Crippen LogP contribution in [0.5, 0.6) is 5.75 Å². The van der Waals surface area contributed by atoms with Crippen LogP contribution in [0.1, 0.15) is 20.8 Å². The monoisotopic (exact) mass is 445 g/mol. The second kappa shape index (κ2) is 8.37. The number of hydrogen-bond donors (Lipinski definition) is 0. The van der Waals surface area contributed by atoms with Crippen molar-refractivity contribution in [3.63, 3.8) is 0 Å². The average Bonchev–Trinajstić information content (AvgIpc) is 3.12. The number of nitrogens with zero attached hydrogens (tertiary/aromatic N) is 3. The van der Waals surface area contributed by atoms with Gasteiger partial charge in [-0.2, -0.15) is 0 Å². The smallest absolute Gasteiger partial charge is 0.242 e. The summed E-state index contributed by atoms with van der Waals surface area (Å²) in [7, 11) is 1.24. The van der Waals surface area contributed by atoms with Crippen molar-refractivity contribution in [2.24, 2.45) is 4.99 Å². The molecule has 0 amide bonds. The molecule has 0 radical (unpaired) electrons. The van der Waals surface area contributed by atoms with Crippen molar-refractivity contribution >= 4 is 27.0 Å². The molecule has 0 aliphatic carbocycles. The maximum atomic E-state index is 12.4. The highest BCUT2D eigenvalue weighted by Gasteiger charge is 2.21.